The van der Waals surface area contributed by atoms with Crippen molar-refractivity contribution in [3.05, 3.63) is 29.3 Å². The Bertz CT molecular complexity index is 479. The van der Waals surface area contributed by atoms with Crippen molar-refractivity contribution in [3.8, 4) is 0 Å². The third-order valence-electron chi connectivity index (χ3n) is 3.35. The summed E-state index contributed by atoms with van der Waals surface area (Å²) in [5.41, 5.74) is 3.19. The van der Waals surface area contributed by atoms with Crippen LogP contribution < -0.4 is 5.32 Å². The molecular weight excluding hydrogens is 244 g/mol. The number of nitrogens with one attached hydrogen (secondary N) is 1. The van der Waals surface area contributed by atoms with E-state index in [0.717, 1.165) is 31.6 Å². The molecule has 1 heterocycles. The molecule has 0 unspecified atom stereocenters. The number of hydrogen-bond acceptors (Lipinski definition) is 2. The number of benzene rings is 1. The van der Waals surface area contributed by atoms with E-state index in [2.05, 4.69) is 12.2 Å². The van der Waals surface area contributed by atoms with Crippen molar-refractivity contribution in [1.82, 2.24) is 4.90 Å². The van der Waals surface area contributed by atoms with E-state index >= 15 is 0 Å². The van der Waals surface area contributed by atoms with Crippen LogP contribution in [0.1, 0.15) is 24.0 Å². The van der Waals surface area contributed by atoms with Gasteiger partial charge in [-0.05, 0) is 49.9 Å². The molecule has 1 aliphatic rings. The number of likely N-dealkylation sites (tertiary alicyclic amines) is 1. The first-order valence-corrected chi connectivity index (χ1v) is 6.66. The predicted octanol–water partition coefficient (Wildman–Crippen LogP) is 2.67. The standard InChI is InChI=1S/C14H18N2OS/c1-10-5-6-12(9-11(10)2)15-13(17)14(18)16-7-3-4-8-16/h5-6,9H,3-4,7-8H2,1-2H3,(H,15,17). The van der Waals surface area contributed by atoms with Crippen LogP contribution in [0.4, 0.5) is 5.69 Å². The second-order valence-electron chi connectivity index (χ2n) is 4.75. The minimum Gasteiger partial charge on any atom is -0.358 e. The Balaban J connectivity index is 2.01. The van der Waals surface area contributed by atoms with E-state index in [1.807, 2.05) is 30.0 Å². The smallest absolute Gasteiger partial charge is 0.283 e. The van der Waals surface area contributed by atoms with E-state index in [-0.39, 0.29) is 5.91 Å². The molecule has 1 N–H and O–H groups in total. The zero-order valence-electron chi connectivity index (χ0n) is 10.8. The highest BCUT2D eigenvalue weighted by molar-refractivity contribution is 7.82. The highest BCUT2D eigenvalue weighted by atomic mass is 32.1. The minimum atomic E-state index is -0.171. The van der Waals surface area contributed by atoms with Crippen molar-refractivity contribution >= 4 is 28.8 Å². The summed E-state index contributed by atoms with van der Waals surface area (Å²) in [6, 6.07) is 5.89. The van der Waals surface area contributed by atoms with Crippen LogP contribution in [0.25, 0.3) is 0 Å². The molecule has 0 spiro atoms. The molecule has 1 fully saturated rings. The molecule has 0 atom stereocenters. The molecule has 96 valence electrons. The predicted molar refractivity (Wildman–Crippen MR) is 78.0 cm³/mol. The monoisotopic (exact) mass is 262 g/mol. The summed E-state index contributed by atoms with van der Waals surface area (Å²) in [6.07, 6.45) is 2.24. The molecule has 0 bridgehead atoms. The van der Waals surface area contributed by atoms with Gasteiger partial charge in [0.05, 0.1) is 0 Å². The van der Waals surface area contributed by atoms with Crippen molar-refractivity contribution in [1.29, 1.82) is 0 Å². The van der Waals surface area contributed by atoms with Crippen molar-refractivity contribution in [2.45, 2.75) is 26.7 Å². The lowest BCUT2D eigenvalue weighted by Crippen LogP contribution is -2.36. The number of aryl methyl sites for hydroxylation is 2. The molecule has 1 amide bonds. The number of carbonyl (C=O) groups is 1. The maximum atomic E-state index is 12.0. The zero-order valence-corrected chi connectivity index (χ0v) is 11.6. The molecule has 3 nitrogen and oxygen atoms in total. The van der Waals surface area contributed by atoms with Crippen molar-refractivity contribution in [2.75, 3.05) is 18.4 Å². The highest BCUT2D eigenvalue weighted by Crippen LogP contribution is 2.15. The Hall–Kier alpha value is -1.42. The first-order valence-electron chi connectivity index (χ1n) is 6.25. The Morgan fingerprint density at radius 3 is 2.50 bits per heavy atom. The summed E-state index contributed by atoms with van der Waals surface area (Å²) in [5.74, 6) is -0.171. The SMILES string of the molecule is Cc1ccc(NC(=O)C(=S)N2CCCC2)cc1C. The molecule has 1 saturated heterocycles. The van der Waals surface area contributed by atoms with E-state index in [4.69, 9.17) is 12.2 Å². The number of carbonyl (C=O) groups excluding carboxylic acids is 1. The van der Waals surface area contributed by atoms with Crippen molar-refractivity contribution in [2.24, 2.45) is 0 Å². The largest absolute Gasteiger partial charge is 0.358 e. The Labute approximate surface area is 113 Å². The second-order valence-corrected chi connectivity index (χ2v) is 5.14. The average molecular weight is 262 g/mol. The fourth-order valence-electron chi connectivity index (χ4n) is 2.07. The number of thiocarbonyl (C=S) groups is 1. The van der Waals surface area contributed by atoms with Gasteiger partial charge in [-0.25, -0.2) is 0 Å². The van der Waals surface area contributed by atoms with Gasteiger partial charge in [0.25, 0.3) is 5.91 Å². The summed E-state index contributed by atoms with van der Waals surface area (Å²) < 4.78 is 0. The van der Waals surface area contributed by atoms with Gasteiger partial charge in [0.15, 0.2) is 4.99 Å². The summed E-state index contributed by atoms with van der Waals surface area (Å²) in [6.45, 7) is 5.89. The van der Waals surface area contributed by atoms with Gasteiger partial charge in [-0.15, -0.1) is 0 Å². The van der Waals surface area contributed by atoms with E-state index in [1.165, 1.54) is 11.1 Å². The topological polar surface area (TPSA) is 32.3 Å². The maximum Gasteiger partial charge on any atom is 0.283 e. The van der Waals surface area contributed by atoms with Crippen LogP contribution >= 0.6 is 12.2 Å². The van der Waals surface area contributed by atoms with Crippen LogP contribution in [-0.2, 0) is 4.79 Å². The van der Waals surface area contributed by atoms with Gasteiger partial charge >= 0.3 is 0 Å². The molecule has 0 aromatic heterocycles. The second kappa shape index (κ2) is 5.48. The van der Waals surface area contributed by atoms with Crippen LogP contribution in [0.5, 0.6) is 0 Å². The number of rotatable bonds is 1. The normalized spacial score (nSPS) is 14.7. The lowest BCUT2D eigenvalue weighted by Gasteiger charge is -2.17. The number of anilines is 1. The van der Waals surface area contributed by atoms with E-state index < -0.39 is 0 Å². The first kappa shape index (κ1) is 13.0. The van der Waals surface area contributed by atoms with Gasteiger partial charge in [-0.1, -0.05) is 18.3 Å². The Morgan fingerprint density at radius 1 is 1.22 bits per heavy atom. The van der Waals surface area contributed by atoms with Crippen LogP contribution in [0, 0.1) is 13.8 Å². The van der Waals surface area contributed by atoms with E-state index in [0.29, 0.717) is 4.99 Å². The van der Waals surface area contributed by atoms with Gasteiger partial charge in [0, 0.05) is 18.8 Å². The summed E-state index contributed by atoms with van der Waals surface area (Å²) >= 11 is 5.21. The Kier molecular flexibility index (Phi) is 3.97. The molecule has 4 heteroatoms. The molecule has 2 rings (SSSR count). The molecule has 18 heavy (non-hydrogen) atoms. The molecular formula is C14H18N2OS. The number of hydrogen-bond donors (Lipinski definition) is 1. The van der Waals surface area contributed by atoms with Crippen LogP contribution in [0.3, 0.4) is 0 Å². The number of amides is 1. The van der Waals surface area contributed by atoms with Gasteiger partial charge in [0.2, 0.25) is 0 Å². The Morgan fingerprint density at radius 2 is 1.89 bits per heavy atom. The summed E-state index contributed by atoms with van der Waals surface area (Å²) in [7, 11) is 0. The van der Waals surface area contributed by atoms with Gasteiger partial charge in [-0.3, -0.25) is 4.79 Å². The first-order chi connectivity index (χ1) is 8.58. The van der Waals surface area contributed by atoms with Crippen LogP contribution in [-0.4, -0.2) is 28.9 Å². The van der Waals surface area contributed by atoms with Crippen molar-refractivity contribution < 1.29 is 4.79 Å². The van der Waals surface area contributed by atoms with Gasteiger partial charge < -0.3 is 10.2 Å². The molecule has 1 aromatic rings. The quantitative estimate of drug-likeness (QED) is 0.790. The summed E-state index contributed by atoms with van der Waals surface area (Å²) in [4.78, 5) is 14.4. The molecule has 1 aromatic carbocycles. The van der Waals surface area contributed by atoms with E-state index in [1.54, 1.807) is 0 Å². The molecule has 0 saturated carbocycles. The number of nitrogens with zero attached hydrogens (tertiary/aromatic N) is 1. The maximum absolute atomic E-state index is 12.0. The van der Waals surface area contributed by atoms with Crippen molar-refractivity contribution in [3.63, 3.8) is 0 Å². The van der Waals surface area contributed by atoms with E-state index in [9.17, 15) is 4.79 Å². The lowest BCUT2D eigenvalue weighted by molar-refractivity contribution is -0.110. The highest BCUT2D eigenvalue weighted by Gasteiger charge is 2.20. The summed E-state index contributed by atoms with van der Waals surface area (Å²) in [5, 5.41) is 2.86. The third kappa shape index (κ3) is 2.88. The third-order valence-corrected chi connectivity index (χ3v) is 3.80. The lowest BCUT2D eigenvalue weighted by atomic mass is 10.1. The van der Waals surface area contributed by atoms with Gasteiger partial charge in [-0.2, -0.15) is 0 Å². The molecule has 0 radical (unpaired) electrons. The fraction of sp³-hybridized carbons (Fsp3) is 0.429. The molecule has 1 aliphatic heterocycles. The van der Waals surface area contributed by atoms with Crippen LogP contribution in [0.15, 0.2) is 18.2 Å². The molecule has 0 aliphatic carbocycles. The fourth-order valence-corrected chi connectivity index (χ4v) is 2.30. The van der Waals surface area contributed by atoms with Crippen LogP contribution in [0.2, 0.25) is 0 Å². The average Bonchev–Trinajstić information content (AvgIpc) is 2.86. The zero-order chi connectivity index (χ0) is 13.1. The minimum absolute atomic E-state index is 0.171. The van der Waals surface area contributed by atoms with Gasteiger partial charge in [0.1, 0.15) is 0 Å².